The van der Waals surface area contributed by atoms with E-state index in [0.717, 1.165) is 17.5 Å². The lowest BCUT2D eigenvalue weighted by atomic mass is 10.1. The molecule has 0 spiro atoms. The van der Waals surface area contributed by atoms with E-state index in [0.29, 0.717) is 18.7 Å². The minimum Gasteiger partial charge on any atom is -0.390 e. The summed E-state index contributed by atoms with van der Waals surface area (Å²) in [4.78, 5) is 7.62. The summed E-state index contributed by atoms with van der Waals surface area (Å²) in [5.74, 6) is 0.0793. The van der Waals surface area contributed by atoms with Crippen molar-refractivity contribution in [3.05, 3.63) is 23.5 Å². The predicted octanol–water partition coefficient (Wildman–Crippen LogP) is -3.02. The van der Waals surface area contributed by atoms with Gasteiger partial charge >= 0.3 is 0 Å². The number of benzene rings is 1. The van der Waals surface area contributed by atoms with Crippen molar-refractivity contribution >= 4 is 31.7 Å². The molecule has 1 aliphatic heterocycles. The average molecular weight is 514 g/mol. The number of aromatic amines is 2. The maximum Gasteiger partial charge on any atom is 0.242 e. The minimum absolute atomic E-state index is 0.144. The lowest BCUT2D eigenvalue weighted by molar-refractivity contribution is 0.186. The Hall–Kier alpha value is -3.16. The molecule has 16 nitrogen and oxygen atoms in total. The molecule has 10 N–H and O–H groups in total. The van der Waals surface area contributed by atoms with Crippen LogP contribution in [0, 0.1) is 0 Å². The fraction of sp³-hybridized carbons (Fsp3) is 0.375. The predicted molar refractivity (Wildman–Crippen MR) is 119 cm³/mol. The number of nitrogens with one attached hydrogen (secondary N) is 3. The van der Waals surface area contributed by atoms with E-state index < -0.39 is 42.5 Å². The van der Waals surface area contributed by atoms with Crippen molar-refractivity contribution in [2.24, 2.45) is 10.9 Å². The smallest absolute Gasteiger partial charge is 0.242 e. The van der Waals surface area contributed by atoms with Crippen LogP contribution in [0.25, 0.3) is 11.4 Å². The van der Waals surface area contributed by atoms with E-state index in [2.05, 4.69) is 35.3 Å². The van der Waals surface area contributed by atoms with Gasteiger partial charge < -0.3 is 26.5 Å². The number of tetrazole rings is 1. The largest absolute Gasteiger partial charge is 0.390 e. The molecule has 0 bridgehead atoms. The molecule has 0 saturated carbocycles. The Kier molecular flexibility index (Phi) is 6.27. The van der Waals surface area contributed by atoms with Crippen LogP contribution in [0.2, 0.25) is 0 Å². The molecule has 184 valence electrons. The van der Waals surface area contributed by atoms with Crippen molar-refractivity contribution in [3.63, 3.8) is 0 Å². The number of H-pyrrole nitrogens is 2. The Balaban J connectivity index is 1.90. The van der Waals surface area contributed by atoms with Crippen molar-refractivity contribution in [3.8, 4) is 11.4 Å². The fourth-order valence-electron chi connectivity index (χ4n) is 3.68. The number of nitrogens with two attached hydrogens (primary N) is 3. The van der Waals surface area contributed by atoms with Gasteiger partial charge in [-0.1, -0.05) is 0 Å². The van der Waals surface area contributed by atoms with Crippen molar-refractivity contribution in [1.29, 1.82) is 0 Å². The van der Waals surface area contributed by atoms with Gasteiger partial charge in [-0.25, -0.2) is 31.7 Å². The third kappa shape index (κ3) is 4.58. The van der Waals surface area contributed by atoms with Gasteiger partial charge in [-0.2, -0.15) is 5.21 Å². The number of hydrogen-bond acceptors (Lipinski definition) is 12. The fourth-order valence-corrected chi connectivity index (χ4v) is 6.35. The van der Waals surface area contributed by atoms with Crippen molar-refractivity contribution in [2.45, 2.75) is 28.9 Å². The Morgan fingerprint density at radius 2 is 2.03 bits per heavy atom. The Labute approximate surface area is 194 Å². The Morgan fingerprint density at radius 1 is 1.26 bits per heavy atom. The number of anilines is 2. The van der Waals surface area contributed by atoms with Gasteiger partial charge in [0.05, 0.1) is 29.6 Å². The van der Waals surface area contributed by atoms with E-state index in [-0.39, 0.29) is 30.4 Å². The lowest BCUT2D eigenvalue weighted by Crippen LogP contribution is -2.37. The summed E-state index contributed by atoms with van der Waals surface area (Å²) in [6.07, 6.45) is -0.675. The number of sulfonamides is 2. The number of fused-ring (bicyclic) bond motifs is 1. The second kappa shape index (κ2) is 8.89. The Morgan fingerprint density at radius 3 is 2.68 bits per heavy atom. The molecule has 4 rings (SSSR count). The highest BCUT2D eigenvalue weighted by atomic mass is 32.2. The summed E-state index contributed by atoms with van der Waals surface area (Å²) in [7, 11) is -9.08. The summed E-state index contributed by atoms with van der Waals surface area (Å²) in [5, 5.41) is 28.6. The van der Waals surface area contributed by atoms with Crippen LogP contribution in [0.5, 0.6) is 0 Å². The monoisotopic (exact) mass is 513 g/mol. The van der Waals surface area contributed by atoms with Gasteiger partial charge in [-0.15, -0.1) is 10.2 Å². The summed E-state index contributed by atoms with van der Waals surface area (Å²) in [6.45, 7) is 0.0612. The maximum absolute atomic E-state index is 13.0. The molecule has 0 amide bonds. The van der Waals surface area contributed by atoms with Gasteiger partial charge in [0.1, 0.15) is 9.79 Å². The number of rotatable bonds is 8. The normalized spacial score (nSPS) is 15.3. The SMILES string of the molecule is NC[C@@H](O)CNS(=O)(=O)c1ccc(N2CCc3nc(N)[nH]c3C2)c(-c2nn[nH]n2)c1S(N)(=O)=O. The van der Waals surface area contributed by atoms with Crippen LogP contribution in [0.4, 0.5) is 11.6 Å². The van der Waals surface area contributed by atoms with E-state index in [1.54, 1.807) is 4.90 Å². The molecule has 34 heavy (non-hydrogen) atoms. The minimum atomic E-state index is -4.63. The highest BCUT2D eigenvalue weighted by molar-refractivity contribution is 7.92. The molecule has 2 aromatic heterocycles. The number of nitrogen functional groups attached to an aromatic ring is 1. The zero-order valence-electron chi connectivity index (χ0n) is 17.6. The molecule has 0 radical (unpaired) electrons. The summed E-state index contributed by atoms with van der Waals surface area (Å²) >= 11 is 0. The summed E-state index contributed by atoms with van der Waals surface area (Å²) in [6, 6.07) is 2.55. The van der Waals surface area contributed by atoms with Crippen LogP contribution in [-0.4, -0.2) is 78.3 Å². The number of aliphatic hydroxyl groups excluding tert-OH is 1. The molecule has 18 heteroatoms. The second-order valence-electron chi connectivity index (χ2n) is 7.53. The van der Waals surface area contributed by atoms with E-state index >= 15 is 0 Å². The van der Waals surface area contributed by atoms with E-state index in [1.165, 1.54) is 6.07 Å². The number of primary sulfonamides is 1. The lowest BCUT2D eigenvalue weighted by Gasteiger charge is -2.30. The quantitative estimate of drug-likeness (QED) is 0.159. The molecule has 1 aromatic carbocycles. The molecule has 1 aliphatic rings. The van der Waals surface area contributed by atoms with Gasteiger partial charge in [0.25, 0.3) is 0 Å². The summed E-state index contributed by atoms with van der Waals surface area (Å²) < 4.78 is 53.6. The van der Waals surface area contributed by atoms with E-state index in [9.17, 15) is 21.9 Å². The second-order valence-corrected chi connectivity index (χ2v) is 10.8. The van der Waals surface area contributed by atoms with Crippen molar-refractivity contribution in [2.75, 3.05) is 30.3 Å². The molecule has 1 atom stereocenters. The van der Waals surface area contributed by atoms with Crippen LogP contribution < -0.4 is 26.2 Å². The van der Waals surface area contributed by atoms with Crippen LogP contribution in [-0.2, 0) is 33.0 Å². The number of aliphatic hydroxyl groups is 1. The van der Waals surface area contributed by atoms with Gasteiger partial charge in [0.15, 0.2) is 5.95 Å². The highest BCUT2D eigenvalue weighted by Gasteiger charge is 2.34. The van der Waals surface area contributed by atoms with Crippen molar-refractivity contribution < 1.29 is 21.9 Å². The molecule has 3 aromatic rings. The first-order valence-electron chi connectivity index (χ1n) is 9.91. The van der Waals surface area contributed by atoms with E-state index in [4.69, 9.17) is 16.6 Å². The molecule has 0 saturated heterocycles. The maximum atomic E-state index is 13.0. The topological polar surface area (TPSA) is 265 Å². The molecule has 3 heterocycles. The summed E-state index contributed by atoms with van der Waals surface area (Å²) in [5.41, 5.74) is 12.7. The standard InChI is InChI=1S/C16H23N11O5S2/c17-5-8(28)6-20-34(31,32)12-2-1-11(27-4-3-9-10(7-27)22-16(18)21-9)13(14(12)33(19,29)30)15-23-25-26-24-15/h1-2,8,20,28H,3-7,17H2,(H3,18,21,22)(H2,19,29,30)(H,23,24,25,26)/t8-/m1/s1. The first kappa shape index (κ1) is 24.0. The third-order valence-corrected chi connectivity index (χ3v) is 7.80. The molecular formula is C16H23N11O5S2. The van der Waals surface area contributed by atoms with Gasteiger partial charge in [-0.3, -0.25) is 0 Å². The zero-order valence-corrected chi connectivity index (χ0v) is 19.3. The number of imidazole rings is 1. The number of aromatic nitrogens is 6. The number of hydrogen-bond donors (Lipinski definition) is 7. The van der Waals surface area contributed by atoms with Crippen LogP contribution >= 0.6 is 0 Å². The van der Waals surface area contributed by atoms with Gasteiger partial charge in [0, 0.05) is 31.7 Å². The van der Waals surface area contributed by atoms with Gasteiger partial charge in [-0.05, 0) is 17.3 Å². The zero-order chi connectivity index (χ0) is 24.7. The van der Waals surface area contributed by atoms with E-state index in [1.807, 2.05) is 0 Å². The number of nitrogens with zero attached hydrogens (tertiary/aromatic N) is 5. The van der Waals surface area contributed by atoms with Crippen LogP contribution in [0.3, 0.4) is 0 Å². The highest BCUT2D eigenvalue weighted by Crippen LogP contribution is 2.39. The molecule has 0 unspecified atom stereocenters. The van der Waals surface area contributed by atoms with Crippen LogP contribution in [0.1, 0.15) is 11.4 Å². The first-order valence-corrected chi connectivity index (χ1v) is 12.9. The van der Waals surface area contributed by atoms with Crippen LogP contribution in [0.15, 0.2) is 21.9 Å². The average Bonchev–Trinajstić information content (AvgIpc) is 3.44. The first-order chi connectivity index (χ1) is 16.0. The van der Waals surface area contributed by atoms with Gasteiger partial charge in [0.2, 0.25) is 25.9 Å². The van der Waals surface area contributed by atoms with Crippen molar-refractivity contribution in [1.82, 2.24) is 35.3 Å². The molecular weight excluding hydrogens is 490 g/mol. The Bertz CT molecular complexity index is 1400. The third-order valence-electron chi connectivity index (χ3n) is 5.21. The molecule has 0 aliphatic carbocycles. The molecule has 0 fully saturated rings.